The Kier molecular flexibility index (Phi) is 6.15. The summed E-state index contributed by atoms with van der Waals surface area (Å²) in [6, 6.07) is 7.88. The SMILES string of the molecule is CCCCOc1ccc(Nc2ncnc(N3CCC(C)CC3)c2N)cc1. The van der Waals surface area contributed by atoms with Crippen LogP contribution in [0.3, 0.4) is 0 Å². The lowest BCUT2D eigenvalue weighted by molar-refractivity contribution is 0.309. The van der Waals surface area contributed by atoms with Gasteiger partial charge in [0.1, 0.15) is 17.8 Å². The maximum Gasteiger partial charge on any atom is 0.159 e. The van der Waals surface area contributed by atoms with Crippen LogP contribution in [-0.2, 0) is 0 Å². The van der Waals surface area contributed by atoms with Gasteiger partial charge in [-0.1, -0.05) is 20.3 Å². The fourth-order valence-corrected chi connectivity index (χ4v) is 3.06. The minimum Gasteiger partial charge on any atom is -0.494 e. The highest BCUT2D eigenvalue weighted by molar-refractivity contribution is 5.78. The second-order valence-corrected chi connectivity index (χ2v) is 6.98. The first-order chi connectivity index (χ1) is 12.7. The van der Waals surface area contributed by atoms with E-state index in [1.807, 2.05) is 24.3 Å². The van der Waals surface area contributed by atoms with Gasteiger partial charge in [0.05, 0.1) is 6.61 Å². The van der Waals surface area contributed by atoms with E-state index in [9.17, 15) is 0 Å². The van der Waals surface area contributed by atoms with Crippen LogP contribution in [0, 0.1) is 5.92 Å². The van der Waals surface area contributed by atoms with E-state index in [1.54, 1.807) is 6.33 Å². The number of nitrogens with zero attached hydrogens (tertiary/aromatic N) is 3. The van der Waals surface area contributed by atoms with Crippen molar-refractivity contribution < 1.29 is 4.74 Å². The summed E-state index contributed by atoms with van der Waals surface area (Å²) in [5.41, 5.74) is 7.88. The first kappa shape index (κ1) is 18.3. The average Bonchev–Trinajstić information content (AvgIpc) is 2.66. The molecular formula is C20H29N5O. The zero-order chi connectivity index (χ0) is 18.4. The number of benzene rings is 1. The summed E-state index contributed by atoms with van der Waals surface area (Å²) in [5, 5.41) is 3.30. The quantitative estimate of drug-likeness (QED) is 0.724. The van der Waals surface area contributed by atoms with Crippen LogP contribution in [0.2, 0.25) is 0 Å². The molecule has 6 heteroatoms. The molecule has 2 aromatic rings. The molecule has 26 heavy (non-hydrogen) atoms. The van der Waals surface area contributed by atoms with Gasteiger partial charge in [0, 0.05) is 18.8 Å². The van der Waals surface area contributed by atoms with Gasteiger partial charge < -0.3 is 20.7 Å². The van der Waals surface area contributed by atoms with Crippen molar-refractivity contribution in [2.75, 3.05) is 35.6 Å². The predicted octanol–water partition coefficient (Wildman–Crippen LogP) is 4.22. The molecule has 0 bridgehead atoms. The summed E-state index contributed by atoms with van der Waals surface area (Å²) in [7, 11) is 0. The van der Waals surface area contributed by atoms with Crippen molar-refractivity contribution in [1.82, 2.24) is 9.97 Å². The highest BCUT2D eigenvalue weighted by Crippen LogP contribution is 2.31. The number of piperidine rings is 1. The van der Waals surface area contributed by atoms with Crippen LogP contribution < -0.4 is 20.7 Å². The van der Waals surface area contributed by atoms with Gasteiger partial charge in [-0.05, 0) is 49.4 Å². The maximum atomic E-state index is 6.35. The Bertz CT molecular complexity index is 696. The second-order valence-electron chi connectivity index (χ2n) is 6.98. The highest BCUT2D eigenvalue weighted by atomic mass is 16.5. The molecule has 0 unspecified atom stereocenters. The first-order valence-corrected chi connectivity index (χ1v) is 9.52. The lowest BCUT2D eigenvalue weighted by atomic mass is 9.99. The van der Waals surface area contributed by atoms with Crippen molar-refractivity contribution >= 4 is 23.0 Å². The largest absolute Gasteiger partial charge is 0.494 e. The average molecular weight is 355 g/mol. The van der Waals surface area contributed by atoms with Crippen LogP contribution in [0.5, 0.6) is 5.75 Å². The monoisotopic (exact) mass is 355 g/mol. The van der Waals surface area contributed by atoms with Gasteiger partial charge in [-0.2, -0.15) is 0 Å². The molecule has 0 aliphatic carbocycles. The topological polar surface area (TPSA) is 76.3 Å². The number of hydrogen-bond donors (Lipinski definition) is 2. The molecule has 1 fully saturated rings. The van der Waals surface area contributed by atoms with Gasteiger partial charge in [-0.3, -0.25) is 0 Å². The number of rotatable bonds is 7. The van der Waals surface area contributed by atoms with Crippen LogP contribution in [0.25, 0.3) is 0 Å². The fraction of sp³-hybridized carbons (Fsp3) is 0.500. The van der Waals surface area contributed by atoms with Crippen molar-refractivity contribution in [2.24, 2.45) is 5.92 Å². The fourth-order valence-electron chi connectivity index (χ4n) is 3.06. The minimum absolute atomic E-state index is 0.602. The molecule has 3 rings (SSSR count). The van der Waals surface area contributed by atoms with Crippen LogP contribution >= 0.6 is 0 Å². The molecule has 0 spiro atoms. The molecule has 0 saturated carbocycles. The van der Waals surface area contributed by atoms with Crippen molar-refractivity contribution in [2.45, 2.75) is 39.5 Å². The van der Waals surface area contributed by atoms with E-state index in [4.69, 9.17) is 10.5 Å². The van der Waals surface area contributed by atoms with Crippen LogP contribution in [0.4, 0.5) is 23.0 Å². The Balaban J connectivity index is 1.67. The Morgan fingerprint density at radius 3 is 2.62 bits per heavy atom. The first-order valence-electron chi connectivity index (χ1n) is 9.52. The van der Waals surface area contributed by atoms with Gasteiger partial charge in [-0.15, -0.1) is 0 Å². The second kappa shape index (κ2) is 8.74. The smallest absolute Gasteiger partial charge is 0.159 e. The van der Waals surface area contributed by atoms with Gasteiger partial charge in [-0.25, -0.2) is 9.97 Å². The molecule has 1 aliphatic heterocycles. The molecule has 2 heterocycles. The molecule has 1 saturated heterocycles. The number of ether oxygens (including phenoxy) is 1. The Hall–Kier alpha value is -2.50. The molecule has 3 N–H and O–H groups in total. The van der Waals surface area contributed by atoms with Crippen molar-refractivity contribution in [3.63, 3.8) is 0 Å². The molecule has 1 aliphatic rings. The van der Waals surface area contributed by atoms with E-state index in [0.29, 0.717) is 11.5 Å². The summed E-state index contributed by atoms with van der Waals surface area (Å²) in [6.07, 6.45) is 6.12. The number of unbranched alkanes of at least 4 members (excludes halogenated alkanes) is 1. The van der Waals surface area contributed by atoms with Gasteiger partial charge in [0.25, 0.3) is 0 Å². The molecule has 0 atom stereocenters. The van der Waals surface area contributed by atoms with Gasteiger partial charge in [0.15, 0.2) is 11.6 Å². The van der Waals surface area contributed by atoms with Crippen LogP contribution in [0.1, 0.15) is 39.5 Å². The number of nitrogen functional groups attached to an aromatic ring is 1. The lowest BCUT2D eigenvalue weighted by Crippen LogP contribution is -2.34. The number of aromatic nitrogens is 2. The number of hydrogen-bond acceptors (Lipinski definition) is 6. The molecule has 140 valence electrons. The lowest BCUT2D eigenvalue weighted by Gasteiger charge is -2.32. The van der Waals surface area contributed by atoms with E-state index in [0.717, 1.165) is 55.7 Å². The molecule has 6 nitrogen and oxygen atoms in total. The van der Waals surface area contributed by atoms with Gasteiger partial charge >= 0.3 is 0 Å². The molecule has 1 aromatic carbocycles. The number of anilines is 4. The van der Waals surface area contributed by atoms with E-state index in [1.165, 1.54) is 12.8 Å². The highest BCUT2D eigenvalue weighted by Gasteiger charge is 2.20. The summed E-state index contributed by atoms with van der Waals surface area (Å²) in [6.45, 7) is 7.18. The van der Waals surface area contributed by atoms with E-state index in [-0.39, 0.29) is 0 Å². The summed E-state index contributed by atoms with van der Waals surface area (Å²) in [4.78, 5) is 11.0. The van der Waals surface area contributed by atoms with E-state index >= 15 is 0 Å². The van der Waals surface area contributed by atoms with E-state index < -0.39 is 0 Å². The van der Waals surface area contributed by atoms with Gasteiger partial charge in [0.2, 0.25) is 0 Å². The van der Waals surface area contributed by atoms with Crippen molar-refractivity contribution in [3.05, 3.63) is 30.6 Å². The van der Waals surface area contributed by atoms with E-state index in [2.05, 4.69) is 34.0 Å². The zero-order valence-corrected chi connectivity index (χ0v) is 15.7. The Morgan fingerprint density at radius 1 is 1.19 bits per heavy atom. The van der Waals surface area contributed by atoms with Crippen LogP contribution in [-0.4, -0.2) is 29.7 Å². The van der Waals surface area contributed by atoms with Crippen molar-refractivity contribution in [1.29, 1.82) is 0 Å². The standard InChI is InChI=1S/C20H29N5O/c1-3-4-13-26-17-7-5-16(6-8-17)24-19-18(21)20(23-14-22-19)25-11-9-15(2)10-12-25/h5-8,14-15H,3-4,9-13,21H2,1-2H3,(H,22,23,24). The third kappa shape index (κ3) is 4.56. The Labute approximate surface area is 155 Å². The maximum absolute atomic E-state index is 6.35. The molecule has 0 radical (unpaired) electrons. The minimum atomic E-state index is 0.602. The third-order valence-corrected chi connectivity index (χ3v) is 4.83. The Morgan fingerprint density at radius 2 is 1.92 bits per heavy atom. The molecular weight excluding hydrogens is 326 g/mol. The zero-order valence-electron chi connectivity index (χ0n) is 15.7. The normalized spacial score (nSPS) is 15.1. The summed E-state index contributed by atoms with van der Waals surface area (Å²) in [5.74, 6) is 3.12. The number of nitrogens with one attached hydrogen (secondary N) is 1. The summed E-state index contributed by atoms with van der Waals surface area (Å²) < 4.78 is 5.70. The van der Waals surface area contributed by atoms with Crippen molar-refractivity contribution in [3.8, 4) is 5.75 Å². The summed E-state index contributed by atoms with van der Waals surface area (Å²) >= 11 is 0. The predicted molar refractivity (Wildman–Crippen MR) is 107 cm³/mol. The molecule has 1 aromatic heterocycles. The molecule has 0 amide bonds. The van der Waals surface area contributed by atoms with Crippen LogP contribution in [0.15, 0.2) is 30.6 Å². The number of nitrogens with two attached hydrogens (primary N) is 1. The third-order valence-electron chi connectivity index (χ3n) is 4.83.